The molecule has 0 aromatic carbocycles. The van der Waals surface area contributed by atoms with Crippen LogP contribution >= 0.6 is 11.8 Å². The van der Waals surface area contributed by atoms with Gasteiger partial charge >= 0.3 is 0 Å². The molecule has 2 aromatic heterocycles. The van der Waals surface area contributed by atoms with Crippen molar-refractivity contribution in [2.24, 2.45) is 14.1 Å². The van der Waals surface area contributed by atoms with Crippen molar-refractivity contribution in [3.8, 4) is 0 Å². The topological polar surface area (TPSA) is 97.9 Å². The molecule has 3 heterocycles. The molecule has 0 spiro atoms. The maximum atomic E-state index is 9.00. The molecule has 9 heteroatoms. The fraction of sp³-hybridized carbons (Fsp3) is 0.600. The molecule has 1 fully saturated rings. The van der Waals surface area contributed by atoms with Crippen LogP contribution in [0.1, 0.15) is 37.2 Å². The number of carboxylic acids is 1. The Kier molecular flexibility index (Phi) is 6.80. The summed E-state index contributed by atoms with van der Waals surface area (Å²) < 4.78 is 4.04. The van der Waals surface area contributed by atoms with E-state index in [4.69, 9.17) is 9.90 Å². The largest absolute Gasteiger partial charge is 0.481 e. The number of carboxylic acid groups (broad SMARTS) is 1. The third kappa shape index (κ3) is 5.07. The van der Waals surface area contributed by atoms with Crippen LogP contribution in [-0.2, 0) is 24.6 Å². The van der Waals surface area contributed by atoms with Gasteiger partial charge in [0, 0.05) is 51.1 Å². The monoisotopic (exact) mass is 352 g/mol. The van der Waals surface area contributed by atoms with Crippen LogP contribution in [0.3, 0.4) is 0 Å². The summed E-state index contributed by atoms with van der Waals surface area (Å²) in [6, 6.07) is 2.04. The quantitative estimate of drug-likeness (QED) is 0.803. The standard InChI is InChI=1S/C13H20N6S.C2H4O2/c1-18-12(10-4-3-6-14-8-10)16-17-13(18)20-9-11-5-7-15-19(11)2;1-2(3)4/h5,7,10,14H,3-4,6,8-9H2,1-2H3;1H3,(H,3,4). The molecule has 1 unspecified atom stereocenters. The number of nitrogens with zero attached hydrogens (tertiary/aromatic N) is 5. The van der Waals surface area contributed by atoms with E-state index in [0.29, 0.717) is 5.92 Å². The third-order valence-corrected chi connectivity index (χ3v) is 4.86. The average molecular weight is 352 g/mol. The van der Waals surface area contributed by atoms with Gasteiger partial charge in [-0.2, -0.15) is 5.10 Å². The molecular formula is C15H24N6O2S. The maximum Gasteiger partial charge on any atom is 0.300 e. The molecular weight excluding hydrogens is 328 g/mol. The van der Waals surface area contributed by atoms with Crippen LogP contribution in [0.25, 0.3) is 0 Å². The summed E-state index contributed by atoms with van der Waals surface area (Å²) in [5, 5.41) is 24.7. The molecule has 0 saturated carbocycles. The Morgan fingerprint density at radius 1 is 1.46 bits per heavy atom. The number of aromatic nitrogens is 5. The van der Waals surface area contributed by atoms with Crippen molar-refractivity contribution in [2.45, 2.75) is 36.6 Å². The van der Waals surface area contributed by atoms with Crippen LogP contribution in [0.15, 0.2) is 17.4 Å². The van der Waals surface area contributed by atoms with Gasteiger partial charge in [0.15, 0.2) is 5.16 Å². The van der Waals surface area contributed by atoms with Gasteiger partial charge in [-0.05, 0) is 25.5 Å². The van der Waals surface area contributed by atoms with Crippen LogP contribution in [0.2, 0.25) is 0 Å². The van der Waals surface area contributed by atoms with Crippen LogP contribution in [0, 0.1) is 0 Å². The first-order valence-electron chi connectivity index (χ1n) is 7.88. The maximum absolute atomic E-state index is 9.00. The van der Waals surface area contributed by atoms with E-state index in [0.717, 1.165) is 36.7 Å². The highest BCUT2D eigenvalue weighted by atomic mass is 32.2. The lowest BCUT2D eigenvalue weighted by Crippen LogP contribution is -2.29. The smallest absolute Gasteiger partial charge is 0.300 e. The second kappa shape index (κ2) is 8.84. The molecule has 0 radical (unpaired) electrons. The molecule has 0 aliphatic carbocycles. The molecule has 2 aromatic rings. The molecule has 2 N–H and O–H groups in total. The first-order valence-corrected chi connectivity index (χ1v) is 8.86. The van der Waals surface area contributed by atoms with Gasteiger partial charge in [-0.3, -0.25) is 9.48 Å². The predicted molar refractivity (Wildman–Crippen MR) is 91.9 cm³/mol. The molecule has 0 bridgehead atoms. The fourth-order valence-corrected chi connectivity index (χ4v) is 3.51. The Hall–Kier alpha value is -1.87. The number of aliphatic carboxylic acids is 1. The molecule has 8 nitrogen and oxygen atoms in total. The van der Waals surface area contributed by atoms with Crippen molar-refractivity contribution in [1.82, 2.24) is 29.9 Å². The van der Waals surface area contributed by atoms with E-state index in [9.17, 15) is 0 Å². The molecule has 24 heavy (non-hydrogen) atoms. The number of nitrogens with one attached hydrogen (secondary N) is 1. The first kappa shape index (κ1) is 18.5. The Morgan fingerprint density at radius 2 is 2.21 bits per heavy atom. The minimum Gasteiger partial charge on any atom is -0.481 e. The van der Waals surface area contributed by atoms with E-state index in [-0.39, 0.29) is 0 Å². The summed E-state index contributed by atoms with van der Waals surface area (Å²) in [6.07, 6.45) is 4.24. The minimum atomic E-state index is -0.833. The lowest BCUT2D eigenvalue weighted by atomic mass is 9.99. The molecule has 1 saturated heterocycles. The molecule has 132 valence electrons. The van der Waals surface area contributed by atoms with Gasteiger partial charge in [-0.1, -0.05) is 11.8 Å². The molecule has 3 rings (SSSR count). The number of aryl methyl sites for hydroxylation is 1. The van der Waals surface area contributed by atoms with E-state index in [1.54, 1.807) is 11.8 Å². The zero-order valence-corrected chi connectivity index (χ0v) is 15.1. The summed E-state index contributed by atoms with van der Waals surface area (Å²) in [4.78, 5) is 9.00. The van der Waals surface area contributed by atoms with Gasteiger partial charge in [-0.25, -0.2) is 0 Å². The molecule has 1 atom stereocenters. The number of carbonyl (C=O) groups is 1. The summed E-state index contributed by atoms with van der Waals surface area (Å²) in [6.45, 7) is 3.22. The summed E-state index contributed by atoms with van der Waals surface area (Å²) in [7, 11) is 4.03. The molecule has 1 aliphatic heterocycles. The van der Waals surface area contributed by atoms with Crippen molar-refractivity contribution >= 4 is 17.7 Å². The molecule has 0 amide bonds. The van der Waals surface area contributed by atoms with Gasteiger partial charge < -0.3 is 15.0 Å². The third-order valence-electron chi connectivity index (χ3n) is 3.80. The van der Waals surface area contributed by atoms with Crippen molar-refractivity contribution in [1.29, 1.82) is 0 Å². The first-order chi connectivity index (χ1) is 11.5. The number of hydrogen-bond donors (Lipinski definition) is 2. The molecule has 1 aliphatic rings. The Morgan fingerprint density at radius 3 is 2.79 bits per heavy atom. The summed E-state index contributed by atoms with van der Waals surface area (Å²) in [5.74, 6) is 1.63. The zero-order valence-electron chi connectivity index (χ0n) is 14.3. The van der Waals surface area contributed by atoms with Gasteiger partial charge in [0.1, 0.15) is 5.82 Å². The van der Waals surface area contributed by atoms with Crippen LogP contribution in [0.5, 0.6) is 0 Å². The van der Waals surface area contributed by atoms with Gasteiger partial charge in [0.2, 0.25) is 0 Å². The van der Waals surface area contributed by atoms with Crippen molar-refractivity contribution in [2.75, 3.05) is 13.1 Å². The van der Waals surface area contributed by atoms with E-state index in [1.165, 1.54) is 18.5 Å². The average Bonchev–Trinajstić information content (AvgIpc) is 3.11. The van der Waals surface area contributed by atoms with Gasteiger partial charge in [-0.15, -0.1) is 10.2 Å². The van der Waals surface area contributed by atoms with E-state index in [2.05, 4.69) is 32.2 Å². The van der Waals surface area contributed by atoms with Crippen LogP contribution in [-0.4, -0.2) is 48.7 Å². The highest BCUT2D eigenvalue weighted by molar-refractivity contribution is 7.98. The lowest BCUT2D eigenvalue weighted by Gasteiger charge is -2.21. The minimum absolute atomic E-state index is 0.493. The predicted octanol–water partition coefficient (Wildman–Crippen LogP) is 1.40. The summed E-state index contributed by atoms with van der Waals surface area (Å²) >= 11 is 1.71. The van der Waals surface area contributed by atoms with E-state index in [1.807, 2.05) is 24.0 Å². The number of rotatable bonds is 4. The second-order valence-corrected chi connectivity index (χ2v) is 6.64. The highest BCUT2D eigenvalue weighted by Gasteiger charge is 2.21. The Labute approximate surface area is 145 Å². The van der Waals surface area contributed by atoms with E-state index >= 15 is 0 Å². The van der Waals surface area contributed by atoms with Crippen LogP contribution in [0.4, 0.5) is 0 Å². The number of thioether (sulfide) groups is 1. The van der Waals surface area contributed by atoms with Crippen molar-refractivity contribution in [3.05, 3.63) is 23.8 Å². The van der Waals surface area contributed by atoms with Gasteiger partial charge in [0.05, 0.1) is 0 Å². The lowest BCUT2D eigenvalue weighted by molar-refractivity contribution is -0.134. The Balaban J connectivity index is 0.000000471. The van der Waals surface area contributed by atoms with Crippen molar-refractivity contribution < 1.29 is 9.90 Å². The van der Waals surface area contributed by atoms with E-state index < -0.39 is 5.97 Å². The highest BCUT2D eigenvalue weighted by Crippen LogP contribution is 2.26. The number of hydrogen-bond acceptors (Lipinski definition) is 6. The Bertz CT molecular complexity index is 659. The fourth-order valence-electron chi connectivity index (χ4n) is 2.56. The normalized spacial score (nSPS) is 17.2. The number of piperidine rings is 1. The zero-order chi connectivity index (χ0) is 17.5. The van der Waals surface area contributed by atoms with Crippen molar-refractivity contribution in [3.63, 3.8) is 0 Å². The SMILES string of the molecule is CC(=O)O.Cn1nccc1CSc1nnc(C2CCCNC2)n1C. The van der Waals surface area contributed by atoms with Gasteiger partial charge in [0.25, 0.3) is 5.97 Å². The second-order valence-electron chi connectivity index (χ2n) is 5.70. The summed E-state index contributed by atoms with van der Waals surface area (Å²) in [5.41, 5.74) is 1.19. The van der Waals surface area contributed by atoms with Crippen LogP contribution < -0.4 is 5.32 Å².